The molecule has 1 unspecified atom stereocenters. The molecule has 0 amide bonds. The summed E-state index contributed by atoms with van der Waals surface area (Å²) in [5.74, 6) is -0.0925. The van der Waals surface area contributed by atoms with E-state index in [1.807, 2.05) is 31.3 Å². The van der Waals surface area contributed by atoms with E-state index in [-0.39, 0.29) is 17.6 Å². The van der Waals surface area contributed by atoms with Crippen LogP contribution in [0.2, 0.25) is 5.02 Å². The zero-order chi connectivity index (χ0) is 15.4. The molecule has 0 aliphatic carbocycles. The summed E-state index contributed by atoms with van der Waals surface area (Å²) in [7, 11) is 3.33. The first kappa shape index (κ1) is 16.3. The molecule has 2 aromatic carbocycles. The molecule has 2 nitrogen and oxygen atoms in total. The number of hydrogen-bond donors (Lipinski definition) is 1. The first-order chi connectivity index (χ1) is 10.0. The normalized spacial score (nSPS) is 12.2. The Hall–Kier alpha value is -1.10. The van der Waals surface area contributed by atoms with Crippen LogP contribution in [-0.4, -0.2) is 14.2 Å². The molecule has 0 fully saturated rings. The summed E-state index contributed by atoms with van der Waals surface area (Å²) >= 11 is 9.51. The molecule has 0 spiro atoms. The number of hydrogen-bond acceptors (Lipinski definition) is 2. The molecule has 0 saturated heterocycles. The van der Waals surface area contributed by atoms with Gasteiger partial charge < -0.3 is 10.1 Å². The Morgan fingerprint density at radius 2 is 2.05 bits per heavy atom. The molecule has 0 radical (unpaired) electrons. The third-order valence-electron chi connectivity index (χ3n) is 3.35. The molecule has 5 heteroatoms. The molecule has 0 heterocycles. The minimum Gasteiger partial charge on any atom is -0.494 e. The lowest BCUT2D eigenvalue weighted by Crippen LogP contribution is -2.19. The molecule has 2 aromatic rings. The van der Waals surface area contributed by atoms with E-state index in [0.717, 1.165) is 15.6 Å². The van der Waals surface area contributed by atoms with Crippen molar-refractivity contribution in [2.45, 2.75) is 12.5 Å². The number of halogens is 3. The Labute approximate surface area is 137 Å². The average molecular weight is 373 g/mol. The summed E-state index contributed by atoms with van der Waals surface area (Å²) in [5, 5.41) is 3.89. The molecule has 0 aromatic heterocycles. The van der Waals surface area contributed by atoms with Crippen molar-refractivity contribution in [3.63, 3.8) is 0 Å². The molecule has 21 heavy (non-hydrogen) atoms. The van der Waals surface area contributed by atoms with E-state index in [2.05, 4.69) is 21.2 Å². The Balaban J connectivity index is 2.22. The maximum atomic E-state index is 13.8. The van der Waals surface area contributed by atoms with E-state index in [1.54, 1.807) is 6.07 Å². The van der Waals surface area contributed by atoms with Gasteiger partial charge in [0.2, 0.25) is 0 Å². The fourth-order valence-corrected chi connectivity index (χ4v) is 2.62. The van der Waals surface area contributed by atoms with Crippen molar-refractivity contribution in [3.05, 3.63) is 62.8 Å². The number of rotatable bonds is 5. The summed E-state index contributed by atoms with van der Waals surface area (Å²) in [5.41, 5.74) is 1.95. The van der Waals surface area contributed by atoms with Crippen molar-refractivity contribution in [2.75, 3.05) is 14.2 Å². The standard InChI is InChI=1S/C16H16BrClFNO/c1-20-15(11-4-5-12(17)13(18)9-11)8-10-3-6-16(21-2)14(19)7-10/h3-7,9,15,20H,8H2,1-2H3. The summed E-state index contributed by atoms with van der Waals surface area (Å²) in [6, 6.07) is 10.9. The largest absolute Gasteiger partial charge is 0.494 e. The first-order valence-electron chi connectivity index (χ1n) is 6.49. The third-order valence-corrected chi connectivity index (χ3v) is 4.58. The first-order valence-corrected chi connectivity index (χ1v) is 7.67. The molecular weight excluding hydrogens is 357 g/mol. The van der Waals surface area contributed by atoms with Gasteiger partial charge in [0.15, 0.2) is 11.6 Å². The van der Waals surface area contributed by atoms with Crippen molar-refractivity contribution < 1.29 is 9.13 Å². The van der Waals surface area contributed by atoms with E-state index < -0.39 is 0 Å². The van der Waals surface area contributed by atoms with Gasteiger partial charge >= 0.3 is 0 Å². The van der Waals surface area contributed by atoms with Crippen LogP contribution in [0, 0.1) is 5.82 Å². The number of nitrogens with one attached hydrogen (secondary N) is 1. The molecule has 0 aliphatic rings. The fraction of sp³-hybridized carbons (Fsp3) is 0.250. The minimum absolute atomic E-state index is 0.0587. The zero-order valence-corrected chi connectivity index (χ0v) is 14.1. The molecule has 1 N–H and O–H groups in total. The maximum absolute atomic E-state index is 13.8. The molecule has 2 rings (SSSR count). The minimum atomic E-state index is -0.348. The average Bonchev–Trinajstić information content (AvgIpc) is 2.48. The van der Waals surface area contributed by atoms with E-state index >= 15 is 0 Å². The summed E-state index contributed by atoms with van der Waals surface area (Å²) < 4.78 is 19.5. The molecule has 0 bridgehead atoms. The van der Waals surface area contributed by atoms with Crippen LogP contribution in [0.15, 0.2) is 40.9 Å². The number of likely N-dealkylation sites (N-methyl/N-ethyl adjacent to an activating group) is 1. The van der Waals surface area contributed by atoms with Crippen molar-refractivity contribution in [1.82, 2.24) is 5.32 Å². The van der Waals surface area contributed by atoms with Gasteiger partial charge in [-0.05, 0) is 64.8 Å². The van der Waals surface area contributed by atoms with Crippen LogP contribution in [0.25, 0.3) is 0 Å². The van der Waals surface area contributed by atoms with Crippen molar-refractivity contribution >= 4 is 27.5 Å². The van der Waals surface area contributed by atoms with Gasteiger partial charge in [0.25, 0.3) is 0 Å². The zero-order valence-electron chi connectivity index (χ0n) is 11.8. The smallest absolute Gasteiger partial charge is 0.165 e. The van der Waals surface area contributed by atoms with Crippen molar-refractivity contribution in [3.8, 4) is 5.75 Å². The Kier molecular flexibility index (Phi) is 5.62. The van der Waals surface area contributed by atoms with E-state index in [9.17, 15) is 4.39 Å². The lowest BCUT2D eigenvalue weighted by Gasteiger charge is -2.18. The highest BCUT2D eigenvalue weighted by atomic mass is 79.9. The predicted octanol–water partition coefficient (Wildman–Crippen LogP) is 4.75. The lowest BCUT2D eigenvalue weighted by atomic mass is 9.99. The molecule has 1 atom stereocenters. The predicted molar refractivity (Wildman–Crippen MR) is 87.6 cm³/mol. The highest BCUT2D eigenvalue weighted by Crippen LogP contribution is 2.28. The Bertz CT molecular complexity index is 636. The second-order valence-corrected chi connectivity index (χ2v) is 5.95. The quantitative estimate of drug-likeness (QED) is 0.817. The number of benzene rings is 2. The van der Waals surface area contributed by atoms with Crippen LogP contribution in [0.1, 0.15) is 17.2 Å². The van der Waals surface area contributed by atoms with Crippen LogP contribution < -0.4 is 10.1 Å². The number of methoxy groups -OCH3 is 1. The Morgan fingerprint density at radius 3 is 2.62 bits per heavy atom. The summed E-state index contributed by atoms with van der Waals surface area (Å²) in [6.07, 6.45) is 0.662. The molecular formula is C16H16BrClFNO. The fourth-order valence-electron chi connectivity index (χ4n) is 2.19. The Morgan fingerprint density at radius 1 is 1.29 bits per heavy atom. The van der Waals surface area contributed by atoms with Gasteiger partial charge in [0.05, 0.1) is 12.1 Å². The maximum Gasteiger partial charge on any atom is 0.165 e. The highest BCUT2D eigenvalue weighted by Gasteiger charge is 2.13. The monoisotopic (exact) mass is 371 g/mol. The second kappa shape index (κ2) is 7.25. The van der Waals surface area contributed by atoms with Gasteiger partial charge in [-0.1, -0.05) is 23.7 Å². The SMILES string of the molecule is CNC(Cc1ccc(OC)c(F)c1)c1ccc(Br)c(Cl)c1. The van der Waals surface area contributed by atoms with Crippen molar-refractivity contribution in [1.29, 1.82) is 0 Å². The molecule has 112 valence electrons. The third kappa shape index (κ3) is 3.96. The van der Waals surface area contributed by atoms with Gasteiger partial charge in [-0.3, -0.25) is 0 Å². The molecule has 0 saturated carbocycles. The summed E-state index contributed by atoms with van der Waals surface area (Å²) in [4.78, 5) is 0. The van der Waals surface area contributed by atoms with Gasteiger partial charge in [0, 0.05) is 10.5 Å². The van der Waals surface area contributed by atoms with Crippen LogP contribution in [0.3, 0.4) is 0 Å². The second-order valence-electron chi connectivity index (χ2n) is 4.69. The van der Waals surface area contributed by atoms with Gasteiger partial charge in [-0.2, -0.15) is 0 Å². The van der Waals surface area contributed by atoms with Crippen LogP contribution in [0.5, 0.6) is 5.75 Å². The van der Waals surface area contributed by atoms with Crippen LogP contribution in [0.4, 0.5) is 4.39 Å². The van der Waals surface area contributed by atoms with E-state index in [4.69, 9.17) is 16.3 Å². The lowest BCUT2D eigenvalue weighted by molar-refractivity contribution is 0.386. The van der Waals surface area contributed by atoms with Gasteiger partial charge in [0.1, 0.15) is 0 Å². The van der Waals surface area contributed by atoms with Crippen LogP contribution in [-0.2, 0) is 6.42 Å². The van der Waals surface area contributed by atoms with Gasteiger partial charge in [-0.15, -0.1) is 0 Å². The van der Waals surface area contributed by atoms with Crippen molar-refractivity contribution in [2.24, 2.45) is 0 Å². The number of ether oxygens (including phenoxy) is 1. The van der Waals surface area contributed by atoms with E-state index in [1.165, 1.54) is 13.2 Å². The van der Waals surface area contributed by atoms with E-state index in [0.29, 0.717) is 11.4 Å². The van der Waals surface area contributed by atoms with Crippen LogP contribution >= 0.6 is 27.5 Å². The highest BCUT2D eigenvalue weighted by molar-refractivity contribution is 9.10. The summed E-state index contributed by atoms with van der Waals surface area (Å²) in [6.45, 7) is 0. The molecule has 0 aliphatic heterocycles. The van der Waals surface area contributed by atoms with Gasteiger partial charge in [-0.25, -0.2) is 4.39 Å². The topological polar surface area (TPSA) is 21.3 Å².